The molecule has 5 heteroatoms. The Labute approximate surface area is 314 Å². The highest BCUT2D eigenvalue weighted by atomic mass is 32.1. The van der Waals surface area contributed by atoms with E-state index in [1.54, 1.807) is 0 Å². The maximum atomic E-state index is 7.20. The molecule has 0 bridgehead atoms. The van der Waals surface area contributed by atoms with Crippen LogP contribution < -0.4 is 0 Å². The van der Waals surface area contributed by atoms with E-state index in [9.17, 15) is 0 Å². The van der Waals surface area contributed by atoms with Crippen molar-refractivity contribution in [3.05, 3.63) is 176 Å². The first kappa shape index (κ1) is 30.7. The van der Waals surface area contributed by atoms with Crippen LogP contribution in [0, 0.1) is 0 Å². The molecule has 0 radical (unpaired) electrons. The van der Waals surface area contributed by atoms with Crippen LogP contribution in [0.25, 0.3) is 109 Å². The minimum atomic E-state index is 0.707. The molecule has 11 rings (SSSR count). The molecule has 0 spiro atoms. The second kappa shape index (κ2) is 12.3. The van der Waals surface area contributed by atoms with E-state index >= 15 is 0 Å². The number of nitrogens with zero attached hydrogens (tertiary/aromatic N) is 3. The standard InChI is InChI=1S/C49H29N3OS/c1-3-14-31(15-4-1)45-43-42(30-26-28-32(29-27-30)44-36-19-7-10-23-39(36)51-49(52-44)33-16-5-2-6-17-33)47(53-46(43)37-20-8-11-24-40(37)50-45)38-22-13-21-35-34-18-9-12-25-41(34)54-48(35)38/h1-29H. The van der Waals surface area contributed by atoms with E-state index in [0.29, 0.717) is 5.82 Å². The quantitative estimate of drug-likeness (QED) is 0.179. The Morgan fingerprint density at radius 2 is 1.00 bits per heavy atom. The molecule has 252 valence electrons. The Hall–Kier alpha value is -6.95. The first-order chi connectivity index (χ1) is 26.8. The highest BCUT2D eigenvalue weighted by Crippen LogP contribution is 2.50. The second-order valence-electron chi connectivity index (χ2n) is 13.5. The zero-order chi connectivity index (χ0) is 35.6. The number of aromatic nitrogens is 3. The summed E-state index contributed by atoms with van der Waals surface area (Å²) in [4.78, 5) is 15.4. The molecule has 0 N–H and O–H groups in total. The fourth-order valence-corrected chi connectivity index (χ4v) is 9.00. The largest absolute Gasteiger partial charge is 0.455 e. The summed E-state index contributed by atoms with van der Waals surface area (Å²) in [5.74, 6) is 1.54. The molecule has 4 heterocycles. The van der Waals surface area contributed by atoms with E-state index in [2.05, 4.69) is 133 Å². The Morgan fingerprint density at radius 3 is 1.78 bits per heavy atom. The topological polar surface area (TPSA) is 51.8 Å². The van der Waals surface area contributed by atoms with Gasteiger partial charge in [-0.15, -0.1) is 11.3 Å². The van der Waals surface area contributed by atoms with Crippen molar-refractivity contribution in [1.29, 1.82) is 0 Å². The fourth-order valence-electron chi connectivity index (χ4n) is 7.79. The van der Waals surface area contributed by atoms with E-state index in [0.717, 1.165) is 83.3 Å². The predicted octanol–water partition coefficient (Wildman–Crippen LogP) is 13.6. The highest BCUT2D eigenvalue weighted by molar-refractivity contribution is 7.26. The molecule has 0 saturated heterocycles. The van der Waals surface area contributed by atoms with Crippen LogP contribution in [0.3, 0.4) is 0 Å². The molecule has 0 amide bonds. The normalized spacial score (nSPS) is 11.7. The van der Waals surface area contributed by atoms with Crippen molar-refractivity contribution in [1.82, 2.24) is 15.0 Å². The van der Waals surface area contributed by atoms with Gasteiger partial charge in [-0.2, -0.15) is 0 Å². The summed E-state index contributed by atoms with van der Waals surface area (Å²) in [6.07, 6.45) is 0. The maximum absolute atomic E-state index is 7.20. The molecular formula is C49H29N3OS. The van der Waals surface area contributed by atoms with E-state index in [1.165, 1.54) is 20.2 Å². The Morgan fingerprint density at radius 1 is 0.407 bits per heavy atom. The first-order valence-electron chi connectivity index (χ1n) is 18.0. The minimum Gasteiger partial charge on any atom is -0.455 e. The summed E-state index contributed by atoms with van der Waals surface area (Å²) in [5, 5.41) is 5.48. The maximum Gasteiger partial charge on any atom is 0.160 e. The zero-order valence-corrected chi connectivity index (χ0v) is 29.7. The van der Waals surface area contributed by atoms with Gasteiger partial charge in [0.25, 0.3) is 0 Å². The van der Waals surface area contributed by atoms with Crippen LogP contribution in [0.4, 0.5) is 0 Å². The summed E-state index contributed by atoms with van der Waals surface area (Å²) in [6.45, 7) is 0. The SMILES string of the molecule is c1ccc(-c2nc(-c3ccc(-c4c(-c5cccc6c5sc5ccccc56)oc5c4c(-c4ccccc4)nc4ccccc45)cc3)c3ccccc3n2)cc1. The molecule has 4 nitrogen and oxygen atoms in total. The molecule has 0 aliphatic carbocycles. The minimum absolute atomic E-state index is 0.707. The third kappa shape index (κ3) is 4.86. The third-order valence-corrected chi connectivity index (χ3v) is 11.5. The number of hydrogen-bond acceptors (Lipinski definition) is 5. The third-order valence-electron chi connectivity index (χ3n) is 10.3. The molecule has 7 aromatic carbocycles. The lowest BCUT2D eigenvalue weighted by Crippen LogP contribution is -1.95. The lowest BCUT2D eigenvalue weighted by Gasteiger charge is -2.11. The van der Waals surface area contributed by atoms with E-state index < -0.39 is 0 Å². The smallest absolute Gasteiger partial charge is 0.160 e. The van der Waals surface area contributed by atoms with Gasteiger partial charge in [0.1, 0.15) is 11.3 Å². The average Bonchev–Trinajstić information content (AvgIpc) is 3.84. The average molecular weight is 708 g/mol. The number of para-hydroxylation sites is 2. The summed E-state index contributed by atoms with van der Waals surface area (Å²) in [5.41, 5.74) is 10.6. The van der Waals surface area contributed by atoms with E-state index in [1.807, 2.05) is 53.8 Å². The molecule has 0 saturated carbocycles. The Balaban J connectivity index is 1.19. The predicted molar refractivity (Wildman–Crippen MR) is 225 cm³/mol. The summed E-state index contributed by atoms with van der Waals surface area (Å²) in [6, 6.07) is 61.1. The number of hydrogen-bond donors (Lipinski definition) is 0. The van der Waals surface area contributed by atoms with Crippen LogP contribution in [0.15, 0.2) is 180 Å². The molecular weight excluding hydrogens is 679 g/mol. The van der Waals surface area contributed by atoms with Crippen LogP contribution in [0.1, 0.15) is 0 Å². The van der Waals surface area contributed by atoms with E-state index in [-0.39, 0.29) is 0 Å². The zero-order valence-electron chi connectivity index (χ0n) is 28.9. The lowest BCUT2D eigenvalue weighted by molar-refractivity contribution is 0.636. The van der Waals surface area contributed by atoms with Gasteiger partial charge in [0, 0.05) is 58.8 Å². The van der Waals surface area contributed by atoms with Crippen molar-refractivity contribution in [2.45, 2.75) is 0 Å². The lowest BCUT2D eigenvalue weighted by atomic mass is 9.93. The van der Waals surface area contributed by atoms with Crippen LogP contribution in [-0.4, -0.2) is 15.0 Å². The number of thiophene rings is 1. The number of fused-ring (bicyclic) bond motifs is 7. The molecule has 4 aromatic heterocycles. The van der Waals surface area contributed by atoms with Crippen molar-refractivity contribution in [3.63, 3.8) is 0 Å². The Kier molecular flexibility index (Phi) is 7.00. The second-order valence-corrected chi connectivity index (χ2v) is 14.5. The molecule has 11 aromatic rings. The van der Waals surface area contributed by atoms with Crippen LogP contribution in [0.5, 0.6) is 0 Å². The van der Waals surface area contributed by atoms with E-state index in [4.69, 9.17) is 19.4 Å². The molecule has 0 fully saturated rings. The monoisotopic (exact) mass is 707 g/mol. The van der Waals surface area contributed by atoms with Crippen molar-refractivity contribution in [3.8, 4) is 56.4 Å². The first-order valence-corrected chi connectivity index (χ1v) is 18.8. The number of benzene rings is 7. The van der Waals surface area contributed by atoms with Gasteiger partial charge in [0.15, 0.2) is 5.82 Å². The molecule has 0 atom stereocenters. The van der Waals surface area contributed by atoms with Crippen LogP contribution in [-0.2, 0) is 0 Å². The van der Waals surface area contributed by atoms with Crippen LogP contribution >= 0.6 is 11.3 Å². The van der Waals surface area contributed by atoms with Crippen molar-refractivity contribution in [2.24, 2.45) is 0 Å². The van der Waals surface area contributed by atoms with Crippen LogP contribution in [0.2, 0.25) is 0 Å². The van der Waals surface area contributed by atoms with Gasteiger partial charge >= 0.3 is 0 Å². The fraction of sp³-hybridized carbons (Fsp3) is 0. The number of rotatable bonds is 5. The highest BCUT2D eigenvalue weighted by Gasteiger charge is 2.26. The number of furan rings is 1. The molecule has 0 aliphatic heterocycles. The molecule has 0 unspecified atom stereocenters. The summed E-state index contributed by atoms with van der Waals surface area (Å²) < 4.78 is 9.66. The van der Waals surface area contributed by atoms with Gasteiger partial charge in [-0.25, -0.2) is 15.0 Å². The van der Waals surface area contributed by atoms with Crippen molar-refractivity contribution < 1.29 is 4.42 Å². The molecule has 54 heavy (non-hydrogen) atoms. The van der Waals surface area contributed by atoms with Gasteiger partial charge in [-0.05, 0) is 35.9 Å². The van der Waals surface area contributed by atoms with Crippen molar-refractivity contribution in [2.75, 3.05) is 0 Å². The van der Waals surface area contributed by atoms with Gasteiger partial charge < -0.3 is 4.42 Å². The Bertz CT molecular complexity index is 3200. The molecule has 0 aliphatic rings. The van der Waals surface area contributed by atoms with Gasteiger partial charge in [0.05, 0.1) is 27.8 Å². The summed E-state index contributed by atoms with van der Waals surface area (Å²) in [7, 11) is 0. The van der Waals surface area contributed by atoms with Crippen molar-refractivity contribution >= 4 is 64.3 Å². The van der Waals surface area contributed by atoms with Gasteiger partial charge in [0.2, 0.25) is 0 Å². The summed E-state index contributed by atoms with van der Waals surface area (Å²) >= 11 is 1.81. The van der Waals surface area contributed by atoms with Gasteiger partial charge in [-0.3, -0.25) is 0 Å². The van der Waals surface area contributed by atoms with Gasteiger partial charge in [-0.1, -0.05) is 146 Å². The number of pyridine rings is 1.